The molecule has 0 atom stereocenters. The van der Waals surface area contributed by atoms with E-state index in [9.17, 15) is 40.0 Å². The maximum atomic E-state index is 13.6. The molecular weight excluding hydrogens is 497 g/mol. The lowest BCUT2D eigenvalue weighted by Gasteiger charge is -2.17. The topological polar surface area (TPSA) is 107 Å². The van der Waals surface area contributed by atoms with Gasteiger partial charge in [-0.3, -0.25) is 18.8 Å². The lowest BCUT2D eigenvalue weighted by Crippen LogP contribution is -2.33. The molecule has 3 rings (SSSR count). The molecule has 0 radical (unpaired) electrons. The second-order valence-electron chi connectivity index (χ2n) is 6.97. The molecule has 0 aliphatic carbocycles. The predicted octanol–water partition coefficient (Wildman–Crippen LogP) is 2.45. The number of imidazole rings is 1. The molecule has 0 N–H and O–H groups in total. The highest BCUT2D eigenvalue weighted by Crippen LogP contribution is 2.45. The Morgan fingerprint density at radius 3 is 2.15 bits per heavy atom. The molecule has 180 valence electrons. The number of nitrogens with zero attached hydrogens (tertiary/aromatic N) is 5. The van der Waals surface area contributed by atoms with Crippen LogP contribution in [0.25, 0.3) is 11.0 Å². The van der Waals surface area contributed by atoms with Gasteiger partial charge in [-0.15, -0.1) is 10.2 Å². The van der Waals surface area contributed by atoms with Crippen LogP contribution in [0.2, 0.25) is 0 Å². The van der Waals surface area contributed by atoms with Gasteiger partial charge in [0.25, 0.3) is 5.91 Å². The van der Waals surface area contributed by atoms with E-state index in [2.05, 4.69) is 10.2 Å². The van der Waals surface area contributed by atoms with Crippen LogP contribution in [0, 0.1) is 0 Å². The normalized spacial score (nSPS) is 13.0. The Bertz CT molecular complexity index is 1420. The van der Waals surface area contributed by atoms with E-state index < -0.39 is 59.9 Å². The van der Waals surface area contributed by atoms with Crippen molar-refractivity contribution in [3.05, 3.63) is 33.2 Å². The first-order valence-electron chi connectivity index (χ1n) is 9.03. The summed E-state index contributed by atoms with van der Waals surface area (Å²) < 4.78 is 92.6. The monoisotopic (exact) mass is 513 g/mol. The Balaban J connectivity index is 2.17. The molecule has 0 saturated heterocycles. The van der Waals surface area contributed by atoms with Crippen molar-refractivity contribution in [1.29, 1.82) is 0 Å². The van der Waals surface area contributed by atoms with E-state index in [-0.39, 0.29) is 22.4 Å². The lowest BCUT2D eigenvalue weighted by atomic mass is 10.1. The zero-order valence-electron chi connectivity index (χ0n) is 17.4. The number of fused-ring (bicyclic) bond motifs is 1. The summed E-state index contributed by atoms with van der Waals surface area (Å²) >= 11 is -0.166. The van der Waals surface area contributed by atoms with Crippen molar-refractivity contribution in [2.45, 2.75) is 23.9 Å². The van der Waals surface area contributed by atoms with Crippen molar-refractivity contribution in [3.63, 3.8) is 0 Å². The first-order valence-corrected chi connectivity index (χ1v) is 11.5. The summed E-state index contributed by atoms with van der Waals surface area (Å²) in [6.07, 6.45) is -5.92. The number of hydrogen-bond donors (Lipinski definition) is 0. The van der Waals surface area contributed by atoms with E-state index in [1.807, 2.05) is 0 Å². The van der Waals surface area contributed by atoms with Crippen LogP contribution in [0.3, 0.4) is 0 Å². The van der Waals surface area contributed by atoms with Crippen molar-refractivity contribution >= 4 is 43.2 Å². The molecule has 2 aromatic heterocycles. The standard InChI is InChI=1S/C17H16F5N5O4S2/c1-5-33(30,31)11-7-10-9(25(2)15(29)26(10)3)6-8(11)12(28)27(4)14-24-23-13(32-14)16(18,19)17(20,21)22/h6-7H,5H2,1-4H3. The maximum absolute atomic E-state index is 13.6. The Kier molecular flexibility index (Phi) is 5.90. The molecule has 0 bridgehead atoms. The van der Waals surface area contributed by atoms with Gasteiger partial charge < -0.3 is 0 Å². The molecule has 0 aliphatic heterocycles. The number of hydrogen-bond acceptors (Lipinski definition) is 7. The van der Waals surface area contributed by atoms with Gasteiger partial charge in [-0.05, 0) is 12.1 Å². The second kappa shape index (κ2) is 7.86. The van der Waals surface area contributed by atoms with Crippen LogP contribution in [0.1, 0.15) is 22.3 Å². The van der Waals surface area contributed by atoms with Crippen molar-refractivity contribution in [2.24, 2.45) is 14.1 Å². The molecular formula is C17H16F5N5O4S2. The zero-order chi connectivity index (χ0) is 25.1. The van der Waals surface area contributed by atoms with E-state index in [0.717, 1.165) is 19.2 Å². The van der Waals surface area contributed by atoms with E-state index in [1.54, 1.807) is 0 Å². The third kappa shape index (κ3) is 3.90. The second-order valence-corrected chi connectivity index (χ2v) is 10.2. The van der Waals surface area contributed by atoms with Gasteiger partial charge in [0, 0.05) is 21.1 Å². The highest BCUT2D eigenvalue weighted by Gasteiger charge is 2.61. The van der Waals surface area contributed by atoms with Gasteiger partial charge in [0.1, 0.15) is 0 Å². The fourth-order valence-electron chi connectivity index (χ4n) is 2.97. The molecule has 9 nitrogen and oxygen atoms in total. The van der Waals surface area contributed by atoms with Crippen molar-refractivity contribution in [2.75, 3.05) is 17.7 Å². The minimum atomic E-state index is -5.92. The summed E-state index contributed by atoms with van der Waals surface area (Å²) in [6.45, 7) is 1.33. The third-order valence-corrected chi connectivity index (χ3v) is 7.79. The smallest absolute Gasteiger partial charge is 0.295 e. The predicted molar refractivity (Wildman–Crippen MR) is 108 cm³/mol. The summed E-state index contributed by atoms with van der Waals surface area (Å²) in [5, 5.41) is 3.81. The third-order valence-electron chi connectivity index (χ3n) is 4.95. The molecule has 1 aromatic carbocycles. The highest BCUT2D eigenvalue weighted by molar-refractivity contribution is 7.91. The van der Waals surface area contributed by atoms with Gasteiger partial charge in [-0.25, -0.2) is 13.2 Å². The average Bonchev–Trinajstić information content (AvgIpc) is 3.32. The molecule has 3 aromatic rings. The summed E-state index contributed by atoms with van der Waals surface area (Å²) in [5.74, 6) is -6.74. The Labute approximate surface area is 187 Å². The van der Waals surface area contributed by atoms with Crippen LogP contribution in [0.15, 0.2) is 21.8 Å². The van der Waals surface area contributed by atoms with Crippen LogP contribution >= 0.6 is 11.3 Å². The van der Waals surface area contributed by atoms with Gasteiger partial charge in [-0.2, -0.15) is 22.0 Å². The number of sulfone groups is 1. The maximum Gasteiger partial charge on any atom is 0.460 e. The van der Waals surface area contributed by atoms with Crippen molar-refractivity contribution in [1.82, 2.24) is 19.3 Å². The number of aryl methyl sites for hydroxylation is 2. The van der Waals surface area contributed by atoms with Crippen LogP contribution in [-0.4, -0.2) is 52.6 Å². The number of alkyl halides is 5. The number of carbonyl (C=O) groups is 1. The number of anilines is 1. The van der Waals surface area contributed by atoms with E-state index in [4.69, 9.17) is 0 Å². The Morgan fingerprint density at radius 1 is 1.09 bits per heavy atom. The summed E-state index contributed by atoms with van der Waals surface area (Å²) in [5.41, 5.74) is -0.481. The van der Waals surface area contributed by atoms with Gasteiger partial charge in [-0.1, -0.05) is 18.3 Å². The largest absolute Gasteiger partial charge is 0.460 e. The van der Waals surface area contributed by atoms with Gasteiger partial charge in [0.2, 0.25) is 5.13 Å². The SMILES string of the molecule is CCS(=O)(=O)c1cc2c(cc1C(=O)N(C)c1nnc(C(F)(F)C(F)(F)F)s1)n(C)c(=O)n2C. The number of rotatable bonds is 5. The molecule has 0 aliphatic rings. The number of amides is 1. The summed E-state index contributed by atoms with van der Waals surface area (Å²) in [6, 6.07) is 2.28. The fraction of sp³-hybridized carbons (Fsp3) is 0.412. The average molecular weight is 513 g/mol. The van der Waals surface area contributed by atoms with Crippen LogP contribution in [-0.2, 0) is 29.9 Å². The first kappa shape index (κ1) is 24.8. The van der Waals surface area contributed by atoms with E-state index >= 15 is 0 Å². The molecule has 2 heterocycles. The Morgan fingerprint density at radius 2 is 1.64 bits per heavy atom. The fourth-order valence-corrected chi connectivity index (χ4v) is 4.86. The quantitative estimate of drug-likeness (QED) is 0.485. The first-order chi connectivity index (χ1) is 15.0. The van der Waals surface area contributed by atoms with Crippen molar-refractivity contribution in [3.8, 4) is 0 Å². The molecule has 0 spiro atoms. The number of halogens is 5. The molecule has 16 heteroatoms. The minimum absolute atomic E-state index is 0.166. The number of carbonyl (C=O) groups excluding carboxylic acids is 1. The minimum Gasteiger partial charge on any atom is -0.295 e. The van der Waals surface area contributed by atoms with Gasteiger partial charge >= 0.3 is 17.8 Å². The molecule has 0 saturated carbocycles. The van der Waals surface area contributed by atoms with Gasteiger partial charge in [0.15, 0.2) is 14.8 Å². The van der Waals surface area contributed by atoms with Gasteiger partial charge in [0.05, 0.1) is 27.2 Å². The van der Waals surface area contributed by atoms with Crippen LogP contribution < -0.4 is 10.6 Å². The summed E-state index contributed by atoms with van der Waals surface area (Å²) in [4.78, 5) is 25.5. The Hall–Kier alpha value is -2.88. The van der Waals surface area contributed by atoms with Crippen LogP contribution in [0.4, 0.5) is 27.1 Å². The van der Waals surface area contributed by atoms with E-state index in [0.29, 0.717) is 4.90 Å². The number of aromatic nitrogens is 4. The molecule has 0 fully saturated rings. The molecule has 33 heavy (non-hydrogen) atoms. The zero-order valence-corrected chi connectivity index (χ0v) is 19.1. The molecule has 1 amide bonds. The van der Waals surface area contributed by atoms with Crippen molar-refractivity contribution < 1.29 is 35.2 Å². The highest BCUT2D eigenvalue weighted by atomic mass is 32.2. The number of benzene rings is 1. The summed E-state index contributed by atoms with van der Waals surface area (Å²) in [7, 11) is -0.187. The van der Waals surface area contributed by atoms with E-state index in [1.165, 1.54) is 30.2 Å². The van der Waals surface area contributed by atoms with Crippen LogP contribution in [0.5, 0.6) is 0 Å². The molecule has 0 unspecified atom stereocenters. The lowest BCUT2D eigenvalue weighted by molar-refractivity contribution is -0.289.